The summed E-state index contributed by atoms with van der Waals surface area (Å²) in [6.07, 6.45) is 0. The Morgan fingerprint density at radius 2 is 1.79 bits per heavy atom. The largest absolute Gasteiger partial charge is 0.495 e. The first-order valence-corrected chi connectivity index (χ1v) is 9.41. The SMILES string of the molecule is CCOc1ccc(C(=O)NC(C(=O)Nc2cc(Cl)ccc2OC)C(C)C)cc1. The van der Waals surface area contributed by atoms with Crippen LogP contribution in [0.15, 0.2) is 42.5 Å². The summed E-state index contributed by atoms with van der Waals surface area (Å²) in [5.41, 5.74) is 0.892. The van der Waals surface area contributed by atoms with Crippen LogP contribution in [0.25, 0.3) is 0 Å². The smallest absolute Gasteiger partial charge is 0.251 e. The monoisotopic (exact) mass is 404 g/mol. The van der Waals surface area contributed by atoms with E-state index in [0.717, 1.165) is 0 Å². The number of amides is 2. The number of benzene rings is 2. The lowest BCUT2D eigenvalue weighted by atomic mass is 10.0. The molecular weight excluding hydrogens is 380 g/mol. The highest BCUT2D eigenvalue weighted by Gasteiger charge is 2.25. The highest BCUT2D eigenvalue weighted by Crippen LogP contribution is 2.28. The van der Waals surface area contributed by atoms with Crippen LogP contribution in [0.4, 0.5) is 5.69 Å². The van der Waals surface area contributed by atoms with Crippen molar-refractivity contribution in [2.45, 2.75) is 26.8 Å². The molecule has 28 heavy (non-hydrogen) atoms. The number of hydrogen-bond donors (Lipinski definition) is 2. The lowest BCUT2D eigenvalue weighted by molar-refractivity contribution is -0.118. The van der Waals surface area contributed by atoms with Crippen molar-refractivity contribution >= 4 is 29.1 Å². The van der Waals surface area contributed by atoms with Crippen LogP contribution < -0.4 is 20.1 Å². The molecule has 0 heterocycles. The molecule has 0 spiro atoms. The summed E-state index contributed by atoms with van der Waals surface area (Å²) in [5.74, 6) is 0.352. The molecule has 7 heteroatoms. The molecule has 0 aliphatic carbocycles. The molecule has 0 saturated heterocycles. The van der Waals surface area contributed by atoms with Crippen LogP contribution in [0, 0.1) is 5.92 Å². The first-order valence-electron chi connectivity index (χ1n) is 9.03. The predicted octanol–water partition coefficient (Wildman–Crippen LogP) is 4.14. The van der Waals surface area contributed by atoms with Crippen molar-refractivity contribution in [2.75, 3.05) is 19.0 Å². The van der Waals surface area contributed by atoms with Crippen molar-refractivity contribution < 1.29 is 19.1 Å². The zero-order chi connectivity index (χ0) is 20.7. The van der Waals surface area contributed by atoms with Gasteiger partial charge >= 0.3 is 0 Å². The molecular formula is C21H25ClN2O4. The Kier molecular flexibility index (Phi) is 7.70. The second kappa shape index (κ2) is 9.99. The van der Waals surface area contributed by atoms with E-state index in [1.165, 1.54) is 7.11 Å². The Bertz CT molecular complexity index is 822. The van der Waals surface area contributed by atoms with E-state index in [4.69, 9.17) is 21.1 Å². The minimum atomic E-state index is -0.734. The zero-order valence-corrected chi connectivity index (χ0v) is 17.2. The van der Waals surface area contributed by atoms with E-state index >= 15 is 0 Å². The third kappa shape index (κ3) is 5.63. The Labute approximate surface area is 170 Å². The molecule has 0 saturated carbocycles. The highest BCUT2D eigenvalue weighted by molar-refractivity contribution is 6.31. The Balaban J connectivity index is 2.13. The molecule has 0 aromatic heterocycles. The molecule has 0 bridgehead atoms. The van der Waals surface area contributed by atoms with Crippen LogP contribution >= 0.6 is 11.6 Å². The number of carbonyl (C=O) groups is 2. The first-order chi connectivity index (χ1) is 13.3. The van der Waals surface area contributed by atoms with Gasteiger partial charge in [-0.2, -0.15) is 0 Å². The number of anilines is 1. The summed E-state index contributed by atoms with van der Waals surface area (Å²) in [5, 5.41) is 6.04. The third-order valence-electron chi connectivity index (χ3n) is 4.08. The number of nitrogens with one attached hydrogen (secondary N) is 2. The van der Waals surface area contributed by atoms with E-state index in [2.05, 4.69) is 10.6 Å². The quantitative estimate of drug-likeness (QED) is 0.693. The Morgan fingerprint density at radius 1 is 1.11 bits per heavy atom. The second-order valence-electron chi connectivity index (χ2n) is 6.49. The summed E-state index contributed by atoms with van der Waals surface area (Å²) in [7, 11) is 1.51. The predicted molar refractivity (Wildman–Crippen MR) is 110 cm³/mol. The molecule has 0 aliphatic rings. The lowest BCUT2D eigenvalue weighted by Gasteiger charge is -2.22. The second-order valence-corrected chi connectivity index (χ2v) is 6.92. The Morgan fingerprint density at radius 3 is 2.36 bits per heavy atom. The minimum Gasteiger partial charge on any atom is -0.495 e. The molecule has 1 unspecified atom stereocenters. The van der Waals surface area contributed by atoms with Crippen LogP contribution in [-0.4, -0.2) is 31.6 Å². The van der Waals surface area contributed by atoms with Crippen LogP contribution in [0.3, 0.4) is 0 Å². The molecule has 0 aliphatic heterocycles. The summed E-state index contributed by atoms with van der Waals surface area (Å²) in [4.78, 5) is 25.4. The lowest BCUT2D eigenvalue weighted by Crippen LogP contribution is -2.47. The van der Waals surface area contributed by atoms with E-state index in [0.29, 0.717) is 34.4 Å². The van der Waals surface area contributed by atoms with Gasteiger partial charge < -0.3 is 20.1 Å². The molecule has 0 radical (unpaired) electrons. The number of halogens is 1. The summed E-state index contributed by atoms with van der Waals surface area (Å²) >= 11 is 6.01. The van der Waals surface area contributed by atoms with Gasteiger partial charge in [0.15, 0.2) is 0 Å². The van der Waals surface area contributed by atoms with E-state index in [-0.39, 0.29) is 17.7 Å². The van der Waals surface area contributed by atoms with Gasteiger partial charge in [0.1, 0.15) is 17.5 Å². The molecule has 2 amide bonds. The Hall–Kier alpha value is -2.73. The number of hydrogen-bond acceptors (Lipinski definition) is 4. The maximum atomic E-state index is 12.8. The number of carbonyl (C=O) groups excluding carboxylic acids is 2. The van der Waals surface area contributed by atoms with Crippen molar-refractivity contribution in [3.05, 3.63) is 53.1 Å². The molecule has 1 atom stereocenters. The first kappa shape index (κ1) is 21.6. The summed E-state index contributed by atoms with van der Waals surface area (Å²) in [6, 6.07) is 11.0. The van der Waals surface area contributed by atoms with Crippen molar-refractivity contribution in [3.63, 3.8) is 0 Å². The molecule has 2 aromatic carbocycles. The topological polar surface area (TPSA) is 76.7 Å². The van der Waals surface area contributed by atoms with Crippen LogP contribution in [-0.2, 0) is 4.79 Å². The molecule has 150 valence electrons. The van der Waals surface area contributed by atoms with Gasteiger partial charge in [0, 0.05) is 10.6 Å². The van der Waals surface area contributed by atoms with Crippen molar-refractivity contribution in [3.8, 4) is 11.5 Å². The van der Waals surface area contributed by atoms with Gasteiger partial charge in [0.2, 0.25) is 5.91 Å². The molecule has 6 nitrogen and oxygen atoms in total. The normalized spacial score (nSPS) is 11.6. The van der Waals surface area contributed by atoms with E-state index < -0.39 is 6.04 Å². The fraction of sp³-hybridized carbons (Fsp3) is 0.333. The average molecular weight is 405 g/mol. The zero-order valence-electron chi connectivity index (χ0n) is 16.4. The highest BCUT2D eigenvalue weighted by atomic mass is 35.5. The maximum Gasteiger partial charge on any atom is 0.251 e. The summed E-state index contributed by atoms with van der Waals surface area (Å²) < 4.78 is 10.6. The molecule has 2 rings (SSSR count). The van der Waals surface area contributed by atoms with Crippen molar-refractivity contribution in [2.24, 2.45) is 5.92 Å². The fourth-order valence-electron chi connectivity index (χ4n) is 2.62. The fourth-order valence-corrected chi connectivity index (χ4v) is 2.79. The van der Waals surface area contributed by atoms with Gasteiger partial charge in [-0.15, -0.1) is 0 Å². The van der Waals surface area contributed by atoms with Gasteiger partial charge in [0.25, 0.3) is 5.91 Å². The van der Waals surface area contributed by atoms with Gasteiger partial charge in [-0.3, -0.25) is 9.59 Å². The van der Waals surface area contributed by atoms with E-state index in [9.17, 15) is 9.59 Å². The van der Waals surface area contributed by atoms with Gasteiger partial charge in [-0.25, -0.2) is 0 Å². The molecule has 0 fully saturated rings. The third-order valence-corrected chi connectivity index (χ3v) is 4.32. The van der Waals surface area contributed by atoms with Crippen LogP contribution in [0.2, 0.25) is 5.02 Å². The number of methoxy groups -OCH3 is 1. The van der Waals surface area contributed by atoms with Crippen LogP contribution in [0.5, 0.6) is 11.5 Å². The molecule has 2 aromatic rings. The number of rotatable bonds is 8. The van der Waals surface area contributed by atoms with Crippen LogP contribution in [0.1, 0.15) is 31.1 Å². The van der Waals surface area contributed by atoms with Gasteiger partial charge in [0.05, 0.1) is 19.4 Å². The summed E-state index contributed by atoms with van der Waals surface area (Å²) in [6.45, 7) is 6.16. The van der Waals surface area contributed by atoms with Crippen molar-refractivity contribution in [1.82, 2.24) is 5.32 Å². The maximum absolute atomic E-state index is 12.8. The minimum absolute atomic E-state index is 0.128. The number of ether oxygens (including phenoxy) is 2. The van der Waals surface area contributed by atoms with E-state index in [1.807, 2.05) is 20.8 Å². The van der Waals surface area contributed by atoms with Gasteiger partial charge in [-0.1, -0.05) is 25.4 Å². The average Bonchev–Trinajstić information content (AvgIpc) is 2.66. The van der Waals surface area contributed by atoms with Gasteiger partial charge in [-0.05, 0) is 55.3 Å². The molecule has 2 N–H and O–H groups in total. The van der Waals surface area contributed by atoms with Crippen molar-refractivity contribution in [1.29, 1.82) is 0 Å². The standard InChI is InChI=1S/C21H25ClN2O4/c1-5-28-16-9-6-14(7-10-16)20(25)24-19(13(2)3)21(26)23-17-12-15(22)8-11-18(17)27-4/h6-13,19H,5H2,1-4H3,(H,23,26)(H,24,25). The van der Waals surface area contributed by atoms with E-state index in [1.54, 1.807) is 42.5 Å².